The Morgan fingerprint density at radius 3 is 2.41 bits per heavy atom. The van der Waals surface area contributed by atoms with E-state index in [1.54, 1.807) is 6.07 Å². The van der Waals surface area contributed by atoms with Crippen molar-refractivity contribution in [3.8, 4) is 5.75 Å². The van der Waals surface area contributed by atoms with E-state index in [1.165, 1.54) is 0 Å². The minimum atomic E-state index is -2.27. The first-order chi connectivity index (χ1) is 16.1. The third-order valence-corrected chi connectivity index (χ3v) is 7.89. The molecule has 34 heavy (non-hydrogen) atoms. The van der Waals surface area contributed by atoms with E-state index in [9.17, 15) is 34.5 Å². The zero-order valence-corrected chi connectivity index (χ0v) is 19.9. The van der Waals surface area contributed by atoms with Crippen molar-refractivity contribution in [2.75, 3.05) is 6.61 Å². The molecule has 8 nitrogen and oxygen atoms in total. The van der Waals surface area contributed by atoms with E-state index in [1.807, 2.05) is 6.07 Å². The normalized spacial score (nSPS) is 27.2. The van der Waals surface area contributed by atoms with E-state index in [-0.39, 0.29) is 36.7 Å². The molecule has 4 atom stereocenters. The molecule has 0 aromatic heterocycles. The first kappa shape index (κ1) is 26.0. The minimum absolute atomic E-state index is 0.0519. The Labute approximate surface area is 199 Å². The number of rotatable bonds is 9. The van der Waals surface area contributed by atoms with E-state index < -0.39 is 41.5 Å². The lowest BCUT2D eigenvalue weighted by atomic mass is 9.64. The van der Waals surface area contributed by atoms with Gasteiger partial charge in [-0.1, -0.05) is 32.8 Å². The molecule has 0 radical (unpaired) electrons. The van der Waals surface area contributed by atoms with Crippen LogP contribution >= 0.6 is 0 Å². The van der Waals surface area contributed by atoms with Crippen molar-refractivity contribution in [3.05, 3.63) is 28.8 Å². The summed E-state index contributed by atoms with van der Waals surface area (Å²) in [5, 5.41) is 31.2. The third-order valence-electron chi connectivity index (χ3n) is 7.89. The number of nitrogens with two attached hydrogens (primary N) is 1. The highest BCUT2D eigenvalue weighted by Crippen LogP contribution is 2.42. The summed E-state index contributed by atoms with van der Waals surface area (Å²) in [5.41, 5.74) is 5.03. The Kier molecular flexibility index (Phi) is 7.93. The topological polar surface area (TPSA) is 155 Å². The summed E-state index contributed by atoms with van der Waals surface area (Å²) in [6.07, 6.45) is 4.28. The second kappa shape index (κ2) is 10.4. The molecule has 186 valence electrons. The highest BCUT2D eigenvalue weighted by atomic mass is 16.3. The molecule has 5 N–H and O–H groups in total. The fraction of sp³-hybridized carbons (Fsp3) is 0.615. The number of aromatic hydroxyl groups is 1. The van der Waals surface area contributed by atoms with Crippen molar-refractivity contribution >= 4 is 23.3 Å². The monoisotopic (exact) mass is 473 g/mol. The fourth-order valence-electron chi connectivity index (χ4n) is 5.71. The van der Waals surface area contributed by atoms with Gasteiger partial charge in [-0.3, -0.25) is 19.2 Å². The van der Waals surface area contributed by atoms with Crippen LogP contribution in [0, 0.1) is 23.7 Å². The van der Waals surface area contributed by atoms with Gasteiger partial charge >= 0.3 is 0 Å². The molecule has 1 fully saturated rings. The van der Waals surface area contributed by atoms with Crippen LogP contribution in [-0.2, 0) is 27.2 Å². The lowest BCUT2D eigenvalue weighted by molar-refractivity contribution is -0.167. The van der Waals surface area contributed by atoms with Crippen LogP contribution < -0.4 is 5.73 Å². The van der Waals surface area contributed by atoms with Crippen LogP contribution in [0.4, 0.5) is 0 Å². The molecule has 1 aromatic rings. The number of amides is 1. The highest BCUT2D eigenvalue weighted by Gasteiger charge is 2.55. The number of aryl methyl sites for hydroxylation is 1. The third kappa shape index (κ3) is 4.79. The predicted octanol–water partition coefficient (Wildman–Crippen LogP) is 1.88. The summed E-state index contributed by atoms with van der Waals surface area (Å²) in [5.74, 6) is -5.58. The highest BCUT2D eigenvalue weighted by molar-refractivity contribution is 6.22. The maximum absolute atomic E-state index is 13.0. The van der Waals surface area contributed by atoms with Gasteiger partial charge < -0.3 is 21.1 Å². The molecule has 1 amide bonds. The van der Waals surface area contributed by atoms with Gasteiger partial charge in [-0.2, -0.15) is 0 Å². The van der Waals surface area contributed by atoms with Gasteiger partial charge in [0.25, 0.3) is 0 Å². The molecular weight excluding hydrogens is 438 g/mol. The molecule has 0 bridgehead atoms. The number of fused-ring (bicyclic) bond motifs is 1. The molecule has 1 saturated carbocycles. The Morgan fingerprint density at radius 1 is 1.15 bits per heavy atom. The minimum Gasteiger partial charge on any atom is -0.507 e. The molecule has 0 spiro atoms. The number of benzene rings is 1. The van der Waals surface area contributed by atoms with Crippen LogP contribution in [0.25, 0.3) is 0 Å². The molecule has 0 aliphatic heterocycles. The van der Waals surface area contributed by atoms with E-state index in [0.717, 1.165) is 36.8 Å². The average molecular weight is 474 g/mol. The van der Waals surface area contributed by atoms with Crippen molar-refractivity contribution in [3.63, 3.8) is 0 Å². The number of phenolic OH excluding ortho intramolecular Hbond substituents is 1. The summed E-state index contributed by atoms with van der Waals surface area (Å²) < 4.78 is 0. The summed E-state index contributed by atoms with van der Waals surface area (Å²) in [6.45, 7) is 3.36. The second-order valence-electron chi connectivity index (χ2n) is 9.90. The quantitative estimate of drug-likeness (QED) is 0.399. The van der Waals surface area contributed by atoms with Crippen LogP contribution in [-0.4, -0.2) is 50.8 Å². The van der Waals surface area contributed by atoms with Crippen molar-refractivity contribution in [1.82, 2.24) is 0 Å². The molecule has 2 aliphatic rings. The van der Waals surface area contributed by atoms with Gasteiger partial charge in [0.1, 0.15) is 11.4 Å². The van der Waals surface area contributed by atoms with Gasteiger partial charge in [0.15, 0.2) is 23.3 Å². The predicted molar refractivity (Wildman–Crippen MR) is 124 cm³/mol. The number of ketones is 3. The standard InChI is InChI=1S/C26H35NO7/c1-3-14(4-2)5-6-16-7-8-19(29)22-18(16)10-15(11-20(22)30)9-17-12-21(31)23(25(27)33)24(32)26(17,34)13-28/h7-8,14-15,17,23,28-29,34H,3-6,9-13H2,1-2H3,(H2,27,33)/t15-,17+,23?,26-/m1/s1. The van der Waals surface area contributed by atoms with E-state index in [2.05, 4.69) is 13.8 Å². The lowest BCUT2D eigenvalue weighted by Gasteiger charge is -2.41. The number of aliphatic hydroxyl groups is 2. The summed E-state index contributed by atoms with van der Waals surface area (Å²) >= 11 is 0. The summed E-state index contributed by atoms with van der Waals surface area (Å²) in [6, 6.07) is 3.41. The van der Waals surface area contributed by atoms with Crippen molar-refractivity contribution in [2.24, 2.45) is 29.4 Å². The molecule has 1 aromatic carbocycles. The molecule has 2 aliphatic carbocycles. The zero-order chi connectivity index (χ0) is 25.2. The number of hydrogen-bond acceptors (Lipinski definition) is 7. The van der Waals surface area contributed by atoms with Crippen molar-refractivity contribution < 1.29 is 34.5 Å². The smallest absolute Gasteiger partial charge is 0.235 e. The van der Waals surface area contributed by atoms with Crippen molar-refractivity contribution in [2.45, 2.75) is 70.8 Å². The fourth-order valence-corrected chi connectivity index (χ4v) is 5.71. The number of Topliss-reactive ketones (excluding diaryl/α,β-unsaturated/α-hetero) is 3. The Bertz CT molecular complexity index is 984. The van der Waals surface area contributed by atoms with Crippen LogP contribution in [0.1, 0.15) is 73.9 Å². The molecule has 8 heteroatoms. The second-order valence-corrected chi connectivity index (χ2v) is 9.90. The van der Waals surface area contributed by atoms with Gasteiger partial charge in [0.2, 0.25) is 5.91 Å². The number of phenols is 1. The van der Waals surface area contributed by atoms with Crippen LogP contribution in [0.5, 0.6) is 5.75 Å². The average Bonchev–Trinajstić information content (AvgIpc) is 2.78. The molecule has 0 heterocycles. The van der Waals surface area contributed by atoms with Gasteiger partial charge in [-0.15, -0.1) is 0 Å². The maximum Gasteiger partial charge on any atom is 0.235 e. The molecular formula is C26H35NO7. The van der Waals surface area contributed by atoms with E-state index in [0.29, 0.717) is 17.9 Å². The molecule has 1 unspecified atom stereocenters. The van der Waals surface area contributed by atoms with Crippen LogP contribution in [0.2, 0.25) is 0 Å². The number of aliphatic hydroxyl groups excluding tert-OH is 1. The van der Waals surface area contributed by atoms with Gasteiger partial charge in [-0.25, -0.2) is 0 Å². The van der Waals surface area contributed by atoms with Gasteiger partial charge in [-0.05, 0) is 54.7 Å². The van der Waals surface area contributed by atoms with Gasteiger partial charge in [0, 0.05) is 18.8 Å². The molecule has 0 saturated heterocycles. The van der Waals surface area contributed by atoms with Crippen LogP contribution in [0.15, 0.2) is 12.1 Å². The lowest BCUT2D eigenvalue weighted by Crippen LogP contribution is -2.60. The number of carbonyl (C=O) groups is 4. The van der Waals surface area contributed by atoms with Crippen LogP contribution in [0.3, 0.4) is 0 Å². The SMILES string of the molecule is CCC(CC)CCc1ccc(O)c2c1C[C@@H](C[C@H]1CC(=O)C(C(N)=O)C(=O)[C@@]1(O)CO)CC2=O. The summed E-state index contributed by atoms with van der Waals surface area (Å²) in [4.78, 5) is 49.8. The first-order valence-electron chi connectivity index (χ1n) is 12.1. The summed E-state index contributed by atoms with van der Waals surface area (Å²) in [7, 11) is 0. The van der Waals surface area contributed by atoms with E-state index in [4.69, 9.17) is 5.73 Å². The number of hydrogen-bond donors (Lipinski definition) is 4. The zero-order valence-electron chi connectivity index (χ0n) is 19.9. The Morgan fingerprint density at radius 2 is 1.82 bits per heavy atom. The Balaban J connectivity index is 1.86. The first-order valence-corrected chi connectivity index (χ1v) is 12.1. The van der Waals surface area contributed by atoms with E-state index >= 15 is 0 Å². The number of carbonyl (C=O) groups excluding carboxylic acids is 4. The Hall–Kier alpha value is -2.58. The van der Waals surface area contributed by atoms with Gasteiger partial charge in [0.05, 0.1) is 12.2 Å². The largest absolute Gasteiger partial charge is 0.507 e. The van der Waals surface area contributed by atoms with Crippen molar-refractivity contribution in [1.29, 1.82) is 0 Å². The number of primary amides is 1. The molecule has 3 rings (SSSR count). The maximum atomic E-state index is 13.0.